The molecule has 2 saturated heterocycles. The summed E-state index contributed by atoms with van der Waals surface area (Å²) in [6, 6.07) is 2.22. The molecule has 4 heterocycles. The van der Waals surface area contributed by atoms with E-state index in [4.69, 9.17) is 0 Å². The highest BCUT2D eigenvalue weighted by Gasteiger charge is 2.27. The van der Waals surface area contributed by atoms with Gasteiger partial charge in [0.15, 0.2) is 0 Å². The summed E-state index contributed by atoms with van der Waals surface area (Å²) in [6.07, 6.45) is 4.65. The van der Waals surface area contributed by atoms with Crippen LogP contribution in [0.3, 0.4) is 0 Å². The average molecular weight is 417 g/mol. The van der Waals surface area contributed by atoms with Gasteiger partial charge < -0.3 is 15.1 Å². The fourth-order valence-electron chi connectivity index (χ4n) is 4.26. The van der Waals surface area contributed by atoms with E-state index in [-0.39, 0.29) is 11.8 Å². The van der Waals surface area contributed by atoms with Crippen LogP contribution in [0.25, 0.3) is 10.2 Å². The fourth-order valence-corrected chi connectivity index (χ4v) is 5.19. The molecule has 4 rings (SSSR count). The van der Waals surface area contributed by atoms with Crippen LogP contribution in [0.5, 0.6) is 0 Å². The Morgan fingerprint density at radius 1 is 1.24 bits per heavy atom. The molecule has 2 aromatic rings. The number of thiophene rings is 1. The molecular formula is C21H32N6OS. The molecule has 0 aliphatic carbocycles. The molecule has 1 atom stereocenters. The lowest BCUT2D eigenvalue weighted by molar-refractivity contribution is -0.125. The number of carbonyl (C=O) groups is 1. The number of aryl methyl sites for hydroxylation is 1. The Morgan fingerprint density at radius 3 is 2.86 bits per heavy atom. The van der Waals surface area contributed by atoms with Crippen LogP contribution in [0, 0.1) is 5.92 Å². The Morgan fingerprint density at radius 2 is 2.07 bits per heavy atom. The lowest BCUT2D eigenvalue weighted by atomic mass is 9.97. The van der Waals surface area contributed by atoms with Crippen molar-refractivity contribution in [2.75, 3.05) is 64.3 Å². The molecule has 158 valence electrons. The first kappa shape index (κ1) is 20.5. The molecular weight excluding hydrogens is 384 g/mol. The van der Waals surface area contributed by atoms with Crippen molar-refractivity contribution in [2.45, 2.75) is 26.2 Å². The number of rotatable bonds is 6. The average Bonchev–Trinajstić information content (AvgIpc) is 3.18. The van der Waals surface area contributed by atoms with Crippen molar-refractivity contribution >= 4 is 33.3 Å². The first-order chi connectivity index (χ1) is 14.1. The van der Waals surface area contributed by atoms with Crippen molar-refractivity contribution in [3.63, 3.8) is 0 Å². The van der Waals surface area contributed by atoms with Gasteiger partial charge in [0, 0.05) is 57.2 Å². The molecule has 8 heteroatoms. The summed E-state index contributed by atoms with van der Waals surface area (Å²) < 4.78 is 0. The van der Waals surface area contributed by atoms with E-state index in [1.165, 1.54) is 4.88 Å². The van der Waals surface area contributed by atoms with E-state index in [1.807, 2.05) is 0 Å². The summed E-state index contributed by atoms with van der Waals surface area (Å²) in [6.45, 7) is 9.95. The first-order valence-electron chi connectivity index (χ1n) is 10.8. The van der Waals surface area contributed by atoms with E-state index in [1.54, 1.807) is 17.7 Å². The lowest BCUT2D eigenvalue weighted by Crippen LogP contribution is -2.48. The number of nitrogens with one attached hydrogen (secondary N) is 1. The van der Waals surface area contributed by atoms with Gasteiger partial charge in [-0.05, 0) is 32.4 Å². The Labute approximate surface area is 177 Å². The molecule has 2 aliphatic heterocycles. The highest BCUT2D eigenvalue weighted by atomic mass is 32.1. The molecule has 0 radical (unpaired) electrons. The number of carbonyl (C=O) groups excluding carboxylic acids is 1. The summed E-state index contributed by atoms with van der Waals surface area (Å²) in [5.41, 5.74) is 0. The molecule has 0 spiro atoms. The van der Waals surface area contributed by atoms with Crippen molar-refractivity contribution < 1.29 is 4.79 Å². The van der Waals surface area contributed by atoms with E-state index in [0.29, 0.717) is 0 Å². The van der Waals surface area contributed by atoms with Gasteiger partial charge in [-0.3, -0.25) is 9.69 Å². The second-order valence-electron chi connectivity index (χ2n) is 8.20. The van der Waals surface area contributed by atoms with Crippen LogP contribution in [0.2, 0.25) is 0 Å². The number of piperazine rings is 1. The Kier molecular flexibility index (Phi) is 6.62. The SMILES string of the molecule is CCc1cc2c(N3CCCC(C(=O)NCCN4CCN(C)CC4)C3)ncnc2s1. The zero-order valence-corrected chi connectivity index (χ0v) is 18.4. The summed E-state index contributed by atoms with van der Waals surface area (Å²) in [5.74, 6) is 1.21. The summed E-state index contributed by atoms with van der Waals surface area (Å²) >= 11 is 1.74. The predicted octanol–water partition coefficient (Wildman–Crippen LogP) is 1.83. The van der Waals surface area contributed by atoms with Crippen molar-refractivity contribution in [3.05, 3.63) is 17.3 Å². The maximum Gasteiger partial charge on any atom is 0.224 e. The minimum Gasteiger partial charge on any atom is -0.355 e. The largest absolute Gasteiger partial charge is 0.355 e. The van der Waals surface area contributed by atoms with Gasteiger partial charge >= 0.3 is 0 Å². The Bertz CT molecular complexity index is 832. The highest BCUT2D eigenvalue weighted by Crippen LogP contribution is 2.32. The quantitative estimate of drug-likeness (QED) is 0.775. The fraction of sp³-hybridized carbons (Fsp3) is 0.667. The van der Waals surface area contributed by atoms with E-state index in [9.17, 15) is 4.79 Å². The minimum atomic E-state index is 0.0329. The molecule has 1 unspecified atom stereocenters. The monoisotopic (exact) mass is 416 g/mol. The van der Waals surface area contributed by atoms with Crippen LogP contribution >= 0.6 is 11.3 Å². The van der Waals surface area contributed by atoms with Crippen LogP contribution in [0.4, 0.5) is 5.82 Å². The maximum atomic E-state index is 12.8. The van der Waals surface area contributed by atoms with Gasteiger partial charge in [0.2, 0.25) is 5.91 Å². The van der Waals surface area contributed by atoms with Crippen molar-refractivity contribution in [3.8, 4) is 0 Å². The number of anilines is 1. The smallest absolute Gasteiger partial charge is 0.224 e. The van der Waals surface area contributed by atoms with Crippen LogP contribution in [0.1, 0.15) is 24.6 Å². The molecule has 2 aromatic heterocycles. The zero-order chi connectivity index (χ0) is 20.2. The molecule has 29 heavy (non-hydrogen) atoms. The van der Waals surface area contributed by atoms with Gasteiger partial charge in [-0.1, -0.05) is 6.92 Å². The third-order valence-electron chi connectivity index (χ3n) is 6.12. The van der Waals surface area contributed by atoms with Gasteiger partial charge in [0.05, 0.1) is 11.3 Å². The minimum absolute atomic E-state index is 0.0329. The van der Waals surface area contributed by atoms with E-state index < -0.39 is 0 Å². The molecule has 1 N–H and O–H groups in total. The van der Waals surface area contributed by atoms with Crippen LogP contribution in [-0.4, -0.2) is 85.1 Å². The lowest BCUT2D eigenvalue weighted by Gasteiger charge is -2.34. The molecule has 2 aliphatic rings. The first-order valence-corrected chi connectivity index (χ1v) is 11.6. The van der Waals surface area contributed by atoms with Gasteiger partial charge in [-0.15, -0.1) is 11.3 Å². The van der Waals surface area contributed by atoms with Crippen molar-refractivity contribution in [2.24, 2.45) is 5.92 Å². The van der Waals surface area contributed by atoms with Gasteiger partial charge in [-0.2, -0.15) is 0 Å². The third-order valence-corrected chi connectivity index (χ3v) is 7.31. The van der Waals surface area contributed by atoms with Crippen LogP contribution in [0.15, 0.2) is 12.4 Å². The molecule has 0 bridgehead atoms. The normalized spacial score (nSPS) is 21.6. The van der Waals surface area contributed by atoms with Gasteiger partial charge in [-0.25, -0.2) is 9.97 Å². The summed E-state index contributed by atoms with van der Waals surface area (Å²) in [5, 5.41) is 4.31. The zero-order valence-electron chi connectivity index (χ0n) is 17.6. The predicted molar refractivity (Wildman–Crippen MR) is 119 cm³/mol. The maximum absolute atomic E-state index is 12.8. The number of fused-ring (bicyclic) bond motifs is 1. The highest BCUT2D eigenvalue weighted by molar-refractivity contribution is 7.18. The second kappa shape index (κ2) is 9.36. The number of aromatic nitrogens is 2. The second-order valence-corrected chi connectivity index (χ2v) is 9.32. The molecule has 7 nitrogen and oxygen atoms in total. The molecule has 0 saturated carbocycles. The Balaban J connectivity index is 1.33. The number of hydrogen-bond donors (Lipinski definition) is 1. The van der Waals surface area contributed by atoms with E-state index in [0.717, 1.165) is 87.7 Å². The number of nitrogens with zero attached hydrogens (tertiary/aromatic N) is 5. The van der Waals surface area contributed by atoms with E-state index >= 15 is 0 Å². The molecule has 2 fully saturated rings. The summed E-state index contributed by atoms with van der Waals surface area (Å²) in [7, 11) is 2.17. The van der Waals surface area contributed by atoms with Crippen LogP contribution < -0.4 is 10.2 Å². The molecule has 0 aromatic carbocycles. The van der Waals surface area contributed by atoms with Gasteiger partial charge in [0.1, 0.15) is 17.0 Å². The number of amides is 1. The van der Waals surface area contributed by atoms with Crippen LogP contribution in [-0.2, 0) is 11.2 Å². The third kappa shape index (κ3) is 4.87. The van der Waals surface area contributed by atoms with E-state index in [2.05, 4.69) is 50.0 Å². The number of likely N-dealkylation sites (N-methyl/N-ethyl adjacent to an activating group) is 1. The number of hydrogen-bond acceptors (Lipinski definition) is 7. The number of piperidine rings is 1. The standard InChI is InChI=1S/C21H32N6OS/c1-3-17-13-18-19(23-15-24-21(18)29-17)27-7-4-5-16(14-27)20(28)22-6-8-26-11-9-25(2)10-12-26/h13,15-16H,3-12,14H2,1-2H3,(H,22,28). The van der Waals surface area contributed by atoms with Crippen molar-refractivity contribution in [1.82, 2.24) is 25.1 Å². The summed E-state index contributed by atoms with van der Waals surface area (Å²) in [4.78, 5) is 31.3. The molecule has 1 amide bonds. The van der Waals surface area contributed by atoms with Gasteiger partial charge in [0.25, 0.3) is 0 Å². The Hall–Kier alpha value is -1.77. The van der Waals surface area contributed by atoms with Crippen molar-refractivity contribution in [1.29, 1.82) is 0 Å². The topological polar surface area (TPSA) is 64.6 Å².